The maximum absolute atomic E-state index is 13.3. The Bertz CT molecular complexity index is 1170. The fourth-order valence-corrected chi connectivity index (χ4v) is 3.83. The zero-order valence-corrected chi connectivity index (χ0v) is 17.5. The summed E-state index contributed by atoms with van der Waals surface area (Å²) in [7, 11) is 0. The van der Waals surface area contributed by atoms with Crippen LogP contribution in [0.15, 0.2) is 71.8 Å². The predicted octanol–water partition coefficient (Wildman–Crippen LogP) is 2.45. The van der Waals surface area contributed by atoms with Crippen molar-refractivity contribution in [2.45, 2.75) is 6.54 Å². The molecule has 2 aromatic heterocycles. The molecule has 0 unspecified atom stereocenters. The van der Waals surface area contributed by atoms with Gasteiger partial charge in [0.15, 0.2) is 0 Å². The summed E-state index contributed by atoms with van der Waals surface area (Å²) in [6.07, 6.45) is 3.26. The molecule has 0 spiro atoms. The lowest BCUT2D eigenvalue weighted by Crippen LogP contribution is -2.49. The van der Waals surface area contributed by atoms with Crippen molar-refractivity contribution in [3.8, 4) is 22.8 Å². The predicted molar refractivity (Wildman–Crippen MR) is 118 cm³/mol. The molecular weight excluding hydrogens is 406 g/mol. The summed E-state index contributed by atoms with van der Waals surface area (Å²) in [5.41, 5.74) is 2.10. The van der Waals surface area contributed by atoms with Gasteiger partial charge in [0.2, 0.25) is 5.82 Å². The van der Waals surface area contributed by atoms with Crippen LogP contribution >= 0.6 is 0 Å². The molecule has 1 aliphatic heterocycles. The van der Waals surface area contributed by atoms with Crippen molar-refractivity contribution < 1.29 is 9.32 Å². The molecule has 1 fully saturated rings. The fourth-order valence-electron chi connectivity index (χ4n) is 3.83. The van der Waals surface area contributed by atoms with Crippen LogP contribution in [-0.2, 0) is 6.54 Å². The molecule has 9 heteroatoms. The first-order valence-electron chi connectivity index (χ1n) is 10.6. The number of amides is 1. The van der Waals surface area contributed by atoms with Crippen molar-refractivity contribution in [3.05, 3.63) is 72.8 Å². The quantitative estimate of drug-likeness (QED) is 0.465. The minimum atomic E-state index is -0.0176. The normalized spacial score (nSPS) is 14.6. The molecule has 1 aliphatic rings. The van der Waals surface area contributed by atoms with Crippen LogP contribution < -0.4 is 0 Å². The van der Waals surface area contributed by atoms with Gasteiger partial charge in [0, 0.05) is 38.3 Å². The lowest BCUT2D eigenvalue weighted by molar-refractivity contribution is 0.0632. The third kappa shape index (κ3) is 4.28. The molecule has 5 rings (SSSR count). The van der Waals surface area contributed by atoms with Gasteiger partial charge in [0.1, 0.15) is 12.7 Å². The Morgan fingerprint density at radius 1 is 0.938 bits per heavy atom. The SMILES string of the molecule is O=C(c1ccccc1-c1nc(-c2ccccc2)no1)N1CCN(CCn2cncn2)CC1. The zero-order chi connectivity index (χ0) is 21.8. The molecular formula is C23H23N7O2. The van der Waals surface area contributed by atoms with Gasteiger partial charge in [-0.15, -0.1) is 0 Å². The van der Waals surface area contributed by atoms with E-state index in [0.29, 0.717) is 35.9 Å². The van der Waals surface area contributed by atoms with Gasteiger partial charge in [0.25, 0.3) is 11.8 Å². The van der Waals surface area contributed by atoms with Gasteiger partial charge in [-0.25, -0.2) is 4.98 Å². The number of rotatable bonds is 6. The highest BCUT2D eigenvalue weighted by atomic mass is 16.5. The van der Waals surface area contributed by atoms with Crippen LogP contribution in [-0.4, -0.2) is 73.3 Å². The molecule has 0 atom stereocenters. The summed E-state index contributed by atoms with van der Waals surface area (Å²) >= 11 is 0. The standard InChI is InChI=1S/C23H23N7O2/c31-23(29-13-10-28(11-14-29)12-15-30-17-24-16-25-30)20-9-5-4-8-19(20)22-26-21(27-32-22)18-6-2-1-3-7-18/h1-9,16-17H,10-15H2. The summed E-state index contributed by atoms with van der Waals surface area (Å²) in [4.78, 5) is 26.0. The molecule has 0 radical (unpaired) electrons. The van der Waals surface area contributed by atoms with Gasteiger partial charge in [-0.05, 0) is 12.1 Å². The first-order chi connectivity index (χ1) is 15.8. The summed E-state index contributed by atoms with van der Waals surface area (Å²) in [6.45, 7) is 4.65. The number of carbonyl (C=O) groups excluding carboxylic acids is 1. The smallest absolute Gasteiger partial charge is 0.259 e. The topological polar surface area (TPSA) is 93.2 Å². The van der Waals surface area contributed by atoms with Gasteiger partial charge >= 0.3 is 0 Å². The molecule has 1 amide bonds. The van der Waals surface area contributed by atoms with Crippen LogP contribution in [0.25, 0.3) is 22.8 Å². The molecule has 0 saturated carbocycles. The van der Waals surface area contributed by atoms with Crippen LogP contribution in [0, 0.1) is 0 Å². The molecule has 9 nitrogen and oxygen atoms in total. The maximum Gasteiger partial charge on any atom is 0.259 e. The van der Waals surface area contributed by atoms with E-state index in [1.165, 1.54) is 0 Å². The summed E-state index contributed by atoms with van der Waals surface area (Å²) in [6, 6.07) is 17.0. The van der Waals surface area contributed by atoms with Crippen LogP contribution in [0.1, 0.15) is 10.4 Å². The van der Waals surface area contributed by atoms with E-state index < -0.39 is 0 Å². The number of hydrogen-bond donors (Lipinski definition) is 0. The average Bonchev–Trinajstić information content (AvgIpc) is 3.56. The largest absolute Gasteiger partial charge is 0.336 e. The Balaban J connectivity index is 1.27. The van der Waals surface area contributed by atoms with Gasteiger partial charge in [-0.1, -0.05) is 47.6 Å². The van der Waals surface area contributed by atoms with Crippen molar-refractivity contribution in [3.63, 3.8) is 0 Å². The molecule has 0 bridgehead atoms. The highest BCUT2D eigenvalue weighted by molar-refractivity contribution is 6.00. The second kappa shape index (κ2) is 9.11. The van der Waals surface area contributed by atoms with E-state index in [9.17, 15) is 4.79 Å². The van der Waals surface area contributed by atoms with E-state index in [1.54, 1.807) is 12.7 Å². The summed E-state index contributed by atoms with van der Waals surface area (Å²) in [5.74, 6) is 0.833. The second-order valence-electron chi connectivity index (χ2n) is 7.63. The Labute approximate surface area is 185 Å². The number of aromatic nitrogens is 5. The van der Waals surface area contributed by atoms with E-state index >= 15 is 0 Å². The first-order valence-corrected chi connectivity index (χ1v) is 10.6. The van der Waals surface area contributed by atoms with Crippen LogP contribution in [0.2, 0.25) is 0 Å². The molecule has 32 heavy (non-hydrogen) atoms. The third-order valence-electron chi connectivity index (χ3n) is 5.62. The number of piperazine rings is 1. The maximum atomic E-state index is 13.3. The van der Waals surface area contributed by atoms with Crippen molar-refractivity contribution in [1.82, 2.24) is 34.7 Å². The molecule has 3 heterocycles. The molecule has 1 saturated heterocycles. The third-order valence-corrected chi connectivity index (χ3v) is 5.62. The highest BCUT2D eigenvalue weighted by Gasteiger charge is 2.25. The number of hydrogen-bond acceptors (Lipinski definition) is 7. The fraction of sp³-hybridized carbons (Fsp3) is 0.261. The Hall–Kier alpha value is -3.85. The van der Waals surface area contributed by atoms with Gasteiger partial charge in [-0.3, -0.25) is 14.4 Å². The van der Waals surface area contributed by atoms with Crippen LogP contribution in [0.4, 0.5) is 0 Å². The molecule has 0 N–H and O–H groups in total. The van der Waals surface area contributed by atoms with Gasteiger partial charge in [-0.2, -0.15) is 10.1 Å². The Morgan fingerprint density at radius 3 is 2.50 bits per heavy atom. The van der Waals surface area contributed by atoms with Crippen molar-refractivity contribution >= 4 is 5.91 Å². The Kier molecular flexibility index (Phi) is 5.71. The number of nitrogens with zero attached hydrogens (tertiary/aromatic N) is 7. The minimum absolute atomic E-state index is 0.0176. The lowest BCUT2D eigenvalue weighted by Gasteiger charge is -2.34. The highest BCUT2D eigenvalue weighted by Crippen LogP contribution is 2.26. The van der Waals surface area contributed by atoms with E-state index in [0.717, 1.165) is 31.7 Å². The van der Waals surface area contributed by atoms with E-state index in [2.05, 4.69) is 25.1 Å². The minimum Gasteiger partial charge on any atom is -0.336 e. The molecule has 162 valence electrons. The first kappa shape index (κ1) is 20.1. The summed E-state index contributed by atoms with van der Waals surface area (Å²) in [5, 5.41) is 8.24. The van der Waals surface area contributed by atoms with Crippen molar-refractivity contribution in [1.29, 1.82) is 0 Å². The summed E-state index contributed by atoms with van der Waals surface area (Å²) < 4.78 is 7.34. The van der Waals surface area contributed by atoms with E-state index in [1.807, 2.05) is 64.2 Å². The number of carbonyl (C=O) groups is 1. The Morgan fingerprint density at radius 2 is 1.72 bits per heavy atom. The molecule has 0 aliphatic carbocycles. The van der Waals surface area contributed by atoms with Gasteiger partial charge in [0.05, 0.1) is 17.7 Å². The average molecular weight is 429 g/mol. The van der Waals surface area contributed by atoms with Gasteiger partial charge < -0.3 is 9.42 Å². The number of benzene rings is 2. The van der Waals surface area contributed by atoms with Crippen molar-refractivity contribution in [2.24, 2.45) is 0 Å². The van der Waals surface area contributed by atoms with Crippen molar-refractivity contribution in [2.75, 3.05) is 32.7 Å². The van der Waals surface area contributed by atoms with Crippen LogP contribution in [0.5, 0.6) is 0 Å². The van der Waals surface area contributed by atoms with E-state index in [-0.39, 0.29) is 5.91 Å². The lowest BCUT2D eigenvalue weighted by atomic mass is 10.1. The second-order valence-corrected chi connectivity index (χ2v) is 7.63. The zero-order valence-electron chi connectivity index (χ0n) is 17.5. The molecule has 4 aromatic rings. The monoisotopic (exact) mass is 429 g/mol. The van der Waals surface area contributed by atoms with Crippen LogP contribution in [0.3, 0.4) is 0 Å². The molecule has 2 aromatic carbocycles. The van der Waals surface area contributed by atoms with E-state index in [4.69, 9.17) is 4.52 Å².